The number of hydrogen-bond donors (Lipinski definition) is 1. The van der Waals surface area contributed by atoms with E-state index in [0.717, 1.165) is 67.1 Å². The fourth-order valence-electron chi connectivity index (χ4n) is 5.01. The van der Waals surface area contributed by atoms with Crippen LogP contribution in [0.2, 0.25) is 0 Å². The first kappa shape index (κ1) is 24.3. The van der Waals surface area contributed by atoms with E-state index in [2.05, 4.69) is 35.2 Å². The molecule has 2 fully saturated rings. The number of piperidine rings is 1. The molecule has 0 bridgehead atoms. The van der Waals surface area contributed by atoms with Crippen LogP contribution in [0, 0.1) is 11.2 Å². The molecule has 0 unspecified atom stereocenters. The first-order chi connectivity index (χ1) is 17.6. The minimum Gasteiger partial charge on any atom is -0.485 e. The zero-order valence-corrected chi connectivity index (χ0v) is 20.3. The molecule has 2 aliphatic heterocycles. The van der Waals surface area contributed by atoms with Gasteiger partial charge >= 0.3 is 0 Å². The maximum Gasteiger partial charge on any atom is 0.293 e. The maximum atomic E-state index is 14.6. The molecule has 2 N–H and O–H groups in total. The minimum absolute atomic E-state index is 0.0486. The third-order valence-electron chi connectivity index (χ3n) is 7.22. The first-order valence-corrected chi connectivity index (χ1v) is 12.3. The van der Waals surface area contributed by atoms with E-state index in [0.29, 0.717) is 24.0 Å². The molecule has 2 saturated heterocycles. The van der Waals surface area contributed by atoms with E-state index in [1.165, 1.54) is 6.07 Å². The molecule has 0 atom stereocenters. The Balaban J connectivity index is 1.43. The maximum absolute atomic E-state index is 14.6. The summed E-state index contributed by atoms with van der Waals surface area (Å²) in [6.45, 7) is 4.62. The average Bonchev–Trinajstić information content (AvgIpc) is 2.90. The standard InChI is InChI=1S/C29H31FN2O4/c30-27-6-2-5-24(17-34-20-33)28(27)36-16-22-12-25(23-4-1-3-21(11-23)15-31)14-26(13-22)32-9-7-29(8-10-32)18-35-19-29/h1-6,11-14,20H,7-10,15-19,31H2. The van der Waals surface area contributed by atoms with Crippen LogP contribution in [0.3, 0.4) is 0 Å². The SMILES string of the molecule is NCc1cccc(-c2cc(COc3c(F)cccc3COC=O)cc(N3CCC4(CC3)COC4)c2)c1. The quantitative estimate of drug-likeness (QED) is 0.434. The van der Waals surface area contributed by atoms with Crippen molar-refractivity contribution in [3.8, 4) is 16.9 Å². The van der Waals surface area contributed by atoms with Crippen LogP contribution in [-0.2, 0) is 34.0 Å². The molecular weight excluding hydrogens is 459 g/mol. The Labute approximate surface area is 210 Å². The lowest BCUT2D eigenvalue weighted by Crippen LogP contribution is -2.50. The number of carbonyl (C=O) groups excluding carboxylic acids is 1. The van der Waals surface area contributed by atoms with E-state index >= 15 is 0 Å². The van der Waals surface area contributed by atoms with Gasteiger partial charge < -0.3 is 24.8 Å². The molecule has 3 aromatic carbocycles. The lowest BCUT2D eigenvalue weighted by molar-refractivity contribution is -0.129. The molecule has 188 valence electrons. The molecule has 0 aromatic heterocycles. The van der Waals surface area contributed by atoms with Crippen LogP contribution in [-0.4, -0.2) is 32.8 Å². The smallest absolute Gasteiger partial charge is 0.293 e. The van der Waals surface area contributed by atoms with Gasteiger partial charge in [-0.15, -0.1) is 0 Å². The van der Waals surface area contributed by atoms with Crippen molar-refractivity contribution in [3.63, 3.8) is 0 Å². The van der Waals surface area contributed by atoms with Gasteiger partial charge in [-0.25, -0.2) is 4.39 Å². The Bertz CT molecular complexity index is 1220. The van der Waals surface area contributed by atoms with E-state index in [1.807, 2.05) is 12.1 Å². The van der Waals surface area contributed by atoms with E-state index in [1.54, 1.807) is 12.1 Å². The number of para-hydroxylation sites is 1. The van der Waals surface area contributed by atoms with Crippen molar-refractivity contribution in [2.24, 2.45) is 11.1 Å². The summed E-state index contributed by atoms with van der Waals surface area (Å²) in [5.74, 6) is -0.389. The molecule has 36 heavy (non-hydrogen) atoms. The molecule has 6 nitrogen and oxygen atoms in total. The Morgan fingerprint density at radius 1 is 0.972 bits per heavy atom. The molecule has 2 heterocycles. The number of carbonyl (C=O) groups is 1. The van der Waals surface area contributed by atoms with Crippen molar-refractivity contribution in [1.29, 1.82) is 0 Å². The number of nitrogens with two attached hydrogens (primary N) is 1. The molecular formula is C29H31FN2O4. The van der Waals surface area contributed by atoms with Crippen LogP contribution in [0.25, 0.3) is 11.1 Å². The van der Waals surface area contributed by atoms with Gasteiger partial charge in [-0.1, -0.05) is 30.3 Å². The summed E-state index contributed by atoms with van der Waals surface area (Å²) in [6.07, 6.45) is 2.22. The second-order valence-corrected chi connectivity index (χ2v) is 9.70. The summed E-state index contributed by atoms with van der Waals surface area (Å²) in [5.41, 5.74) is 12.0. The lowest BCUT2D eigenvalue weighted by Gasteiger charge is -2.48. The summed E-state index contributed by atoms with van der Waals surface area (Å²) in [4.78, 5) is 13.1. The third-order valence-corrected chi connectivity index (χ3v) is 7.22. The number of ether oxygens (including phenoxy) is 3. The van der Waals surface area contributed by atoms with Crippen molar-refractivity contribution < 1.29 is 23.4 Å². The summed E-state index contributed by atoms with van der Waals surface area (Å²) in [7, 11) is 0. The van der Waals surface area contributed by atoms with Crippen LogP contribution >= 0.6 is 0 Å². The van der Waals surface area contributed by atoms with Gasteiger partial charge in [0.1, 0.15) is 13.2 Å². The van der Waals surface area contributed by atoms with Gasteiger partial charge in [0.15, 0.2) is 11.6 Å². The fourth-order valence-corrected chi connectivity index (χ4v) is 5.01. The van der Waals surface area contributed by atoms with E-state index in [4.69, 9.17) is 19.9 Å². The molecule has 5 rings (SSSR count). The summed E-state index contributed by atoms with van der Waals surface area (Å²) < 4.78 is 30.9. The zero-order chi connectivity index (χ0) is 25.0. The van der Waals surface area contributed by atoms with Crippen LogP contribution < -0.4 is 15.4 Å². The fraction of sp³-hybridized carbons (Fsp3) is 0.345. The Morgan fingerprint density at radius 2 is 1.75 bits per heavy atom. The molecule has 0 aliphatic carbocycles. The van der Waals surface area contributed by atoms with Crippen LogP contribution in [0.15, 0.2) is 60.7 Å². The first-order valence-electron chi connectivity index (χ1n) is 12.3. The van der Waals surface area contributed by atoms with Gasteiger partial charge in [-0.2, -0.15) is 0 Å². The summed E-state index contributed by atoms with van der Waals surface area (Å²) in [6, 6.07) is 19.2. The summed E-state index contributed by atoms with van der Waals surface area (Å²) >= 11 is 0. The van der Waals surface area contributed by atoms with Gasteiger partial charge in [-0.3, -0.25) is 4.79 Å². The molecule has 0 saturated carbocycles. The second kappa shape index (κ2) is 10.7. The van der Waals surface area contributed by atoms with E-state index in [9.17, 15) is 9.18 Å². The predicted octanol–water partition coefficient (Wildman–Crippen LogP) is 4.82. The van der Waals surface area contributed by atoms with E-state index in [-0.39, 0.29) is 19.0 Å². The van der Waals surface area contributed by atoms with Crippen LogP contribution in [0.5, 0.6) is 5.75 Å². The molecule has 0 amide bonds. The highest BCUT2D eigenvalue weighted by molar-refractivity contribution is 5.70. The summed E-state index contributed by atoms with van der Waals surface area (Å²) in [5, 5.41) is 0. The van der Waals surface area contributed by atoms with Gasteiger partial charge in [0.05, 0.1) is 13.2 Å². The minimum atomic E-state index is -0.488. The average molecular weight is 491 g/mol. The number of rotatable bonds is 9. The Kier molecular flexibility index (Phi) is 7.20. The van der Waals surface area contributed by atoms with Gasteiger partial charge in [-0.05, 0) is 65.4 Å². The topological polar surface area (TPSA) is 74.0 Å². The van der Waals surface area contributed by atoms with E-state index < -0.39 is 5.82 Å². The molecule has 0 radical (unpaired) electrons. The van der Waals surface area contributed by atoms with Crippen molar-refractivity contribution in [3.05, 3.63) is 83.2 Å². The van der Waals surface area contributed by atoms with Gasteiger partial charge in [0, 0.05) is 36.3 Å². The number of hydrogen-bond acceptors (Lipinski definition) is 6. The van der Waals surface area contributed by atoms with Gasteiger partial charge in [0.2, 0.25) is 0 Å². The zero-order valence-electron chi connectivity index (χ0n) is 20.3. The second-order valence-electron chi connectivity index (χ2n) is 9.70. The van der Waals surface area contributed by atoms with Crippen LogP contribution in [0.4, 0.5) is 10.1 Å². The number of nitrogens with zero attached hydrogens (tertiary/aromatic N) is 1. The molecule has 1 spiro atoms. The Hall–Kier alpha value is -3.42. The van der Waals surface area contributed by atoms with Crippen molar-refractivity contribution >= 4 is 12.2 Å². The molecule has 7 heteroatoms. The van der Waals surface area contributed by atoms with Crippen molar-refractivity contribution in [1.82, 2.24) is 0 Å². The number of halogens is 1. The number of benzene rings is 3. The van der Waals surface area contributed by atoms with Crippen LogP contribution in [0.1, 0.15) is 29.5 Å². The highest BCUT2D eigenvalue weighted by atomic mass is 19.1. The Morgan fingerprint density at radius 3 is 2.47 bits per heavy atom. The number of anilines is 1. The monoisotopic (exact) mass is 490 g/mol. The predicted molar refractivity (Wildman–Crippen MR) is 136 cm³/mol. The molecule has 2 aliphatic rings. The highest BCUT2D eigenvalue weighted by Crippen LogP contribution is 2.40. The normalized spacial score (nSPS) is 16.4. The molecule has 3 aromatic rings. The van der Waals surface area contributed by atoms with Gasteiger partial charge in [0.25, 0.3) is 6.47 Å². The largest absolute Gasteiger partial charge is 0.485 e. The van der Waals surface area contributed by atoms with Crippen molar-refractivity contribution in [2.75, 3.05) is 31.2 Å². The third kappa shape index (κ3) is 5.22. The highest BCUT2D eigenvalue weighted by Gasteiger charge is 2.41. The van der Waals surface area contributed by atoms with Crippen molar-refractivity contribution in [2.45, 2.75) is 32.6 Å². The lowest BCUT2D eigenvalue weighted by atomic mass is 9.76.